The van der Waals surface area contributed by atoms with Crippen molar-refractivity contribution in [3.05, 3.63) is 29.8 Å². The summed E-state index contributed by atoms with van der Waals surface area (Å²) in [6.45, 7) is 8.22. The highest BCUT2D eigenvalue weighted by Crippen LogP contribution is 2.38. The Hall–Kier alpha value is -1.06. The maximum Gasteiger partial charge on any atom is 0.165 e. The molecular formula is C20H32O3. The van der Waals surface area contributed by atoms with Crippen molar-refractivity contribution in [3.63, 3.8) is 0 Å². The summed E-state index contributed by atoms with van der Waals surface area (Å²) in [7, 11) is 1.69. The van der Waals surface area contributed by atoms with E-state index in [0.717, 1.165) is 38.2 Å². The van der Waals surface area contributed by atoms with Crippen molar-refractivity contribution in [2.75, 3.05) is 20.3 Å². The average Bonchev–Trinajstić information content (AvgIpc) is 2.61. The largest absolute Gasteiger partial charge is 0.497 e. The molecule has 1 aromatic rings. The zero-order chi connectivity index (χ0) is 16.8. The molecule has 3 heteroatoms. The molecule has 130 valence electrons. The Balaban J connectivity index is 1.86. The molecule has 0 radical (unpaired) electrons. The number of aryl methyl sites for hydroxylation is 1. The van der Waals surface area contributed by atoms with Gasteiger partial charge in [-0.15, -0.1) is 0 Å². The van der Waals surface area contributed by atoms with Crippen LogP contribution in [0.25, 0.3) is 0 Å². The SMILES string of the molecule is CCCCC1(CC)COC(C)(CCc2ccc(OC)cc2)OC1. The van der Waals surface area contributed by atoms with Gasteiger partial charge in [0, 0.05) is 11.8 Å². The van der Waals surface area contributed by atoms with Crippen LogP contribution in [0.3, 0.4) is 0 Å². The van der Waals surface area contributed by atoms with E-state index in [1.807, 2.05) is 12.1 Å². The lowest BCUT2D eigenvalue weighted by Gasteiger charge is -2.45. The van der Waals surface area contributed by atoms with Crippen LogP contribution < -0.4 is 4.74 Å². The normalized spacial score (nSPS) is 27.8. The molecular weight excluding hydrogens is 288 g/mol. The van der Waals surface area contributed by atoms with Gasteiger partial charge < -0.3 is 14.2 Å². The third-order valence-corrected chi connectivity index (χ3v) is 5.20. The molecule has 0 aliphatic carbocycles. The summed E-state index contributed by atoms with van der Waals surface area (Å²) >= 11 is 0. The van der Waals surface area contributed by atoms with E-state index in [9.17, 15) is 0 Å². The van der Waals surface area contributed by atoms with Gasteiger partial charge in [0.25, 0.3) is 0 Å². The summed E-state index contributed by atoms with van der Waals surface area (Å²) in [5.41, 5.74) is 1.51. The van der Waals surface area contributed by atoms with Gasteiger partial charge in [-0.2, -0.15) is 0 Å². The maximum atomic E-state index is 6.19. The number of rotatable bonds is 8. The fraction of sp³-hybridized carbons (Fsp3) is 0.700. The van der Waals surface area contributed by atoms with Gasteiger partial charge >= 0.3 is 0 Å². The average molecular weight is 320 g/mol. The van der Waals surface area contributed by atoms with Crippen molar-refractivity contribution in [3.8, 4) is 5.75 Å². The number of hydrogen-bond donors (Lipinski definition) is 0. The molecule has 3 nitrogen and oxygen atoms in total. The molecule has 0 amide bonds. The molecule has 0 atom stereocenters. The third-order valence-electron chi connectivity index (χ3n) is 5.20. The molecule has 1 aliphatic rings. The van der Waals surface area contributed by atoms with Crippen LogP contribution in [0, 0.1) is 5.41 Å². The molecule has 1 saturated heterocycles. The zero-order valence-electron chi connectivity index (χ0n) is 15.2. The van der Waals surface area contributed by atoms with Gasteiger partial charge in [0.1, 0.15) is 5.75 Å². The predicted molar refractivity (Wildman–Crippen MR) is 93.9 cm³/mol. The van der Waals surface area contributed by atoms with Crippen molar-refractivity contribution >= 4 is 0 Å². The smallest absolute Gasteiger partial charge is 0.165 e. The molecule has 23 heavy (non-hydrogen) atoms. The second kappa shape index (κ2) is 8.16. The molecule has 0 unspecified atom stereocenters. The molecule has 1 aliphatic heterocycles. The van der Waals surface area contributed by atoms with E-state index >= 15 is 0 Å². The Morgan fingerprint density at radius 2 is 1.70 bits per heavy atom. The lowest BCUT2D eigenvalue weighted by Crippen LogP contribution is -2.48. The van der Waals surface area contributed by atoms with E-state index in [1.165, 1.54) is 24.8 Å². The first-order chi connectivity index (χ1) is 11.0. The van der Waals surface area contributed by atoms with Crippen molar-refractivity contribution in [1.29, 1.82) is 0 Å². The number of unbranched alkanes of at least 4 members (excludes halogenated alkanes) is 1. The molecule has 1 heterocycles. The molecule has 1 fully saturated rings. The lowest BCUT2D eigenvalue weighted by atomic mass is 9.81. The van der Waals surface area contributed by atoms with Crippen LogP contribution in [0.2, 0.25) is 0 Å². The van der Waals surface area contributed by atoms with Crippen LogP contribution in [-0.4, -0.2) is 26.1 Å². The van der Waals surface area contributed by atoms with Crippen LogP contribution in [-0.2, 0) is 15.9 Å². The van der Waals surface area contributed by atoms with E-state index in [-0.39, 0.29) is 5.41 Å². The van der Waals surface area contributed by atoms with E-state index in [0.29, 0.717) is 0 Å². The van der Waals surface area contributed by atoms with E-state index in [2.05, 4.69) is 32.9 Å². The van der Waals surface area contributed by atoms with Crippen LogP contribution in [0.15, 0.2) is 24.3 Å². The fourth-order valence-electron chi connectivity index (χ4n) is 3.08. The quantitative estimate of drug-likeness (QED) is 0.676. The predicted octanol–water partition coefficient (Wildman–Crippen LogP) is 4.98. The first-order valence-electron chi connectivity index (χ1n) is 8.95. The second-order valence-electron chi connectivity index (χ2n) is 7.02. The monoisotopic (exact) mass is 320 g/mol. The highest BCUT2D eigenvalue weighted by atomic mass is 16.7. The third kappa shape index (κ3) is 4.95. The molecule has 0 spiro atoms. The Bertz CT molecular complexity index is 458. The second-order valence-corrected chi connectivity index (χ2v) is 7.02. The first-order valence-corrected chi connectivity index (χ1v) is 8.95. The van der Waals surface area contributed by atoms with E-state index in [4.69, 9.17) is 14.2 Å². The molecule has 2 rings (SSSR count). The molecule has 0 aromatic heterocycles. The molecule has 0 bridgehead atoms. The van der Waals surface area contributed by atoms with E-state index < -0.39 is 5.79 Å². The summed E-state index contributed by atoms with van der Waals surface area (Å²) in [5, 5.41) is 0. The minimum absolute atomic E-state index is 0.218. The van der Waals surface area contributed by atoms with Gasteiger partial charge in [-0.3, -0.25) is 0 Å². The highest BCUT2D eigenvalue weighted by molar-refractivity contribution is 5.27. The Morgan fingerprint density at radius 3 is 2.22 bits per heavy atom. The van der Waals surface area contributed by atoms with Gasteiger partial charge in [0.05, 0.1) is 20.3 Å². The topological polar surface area (TPSA) is 27.7 Å². The first kappa shape index (κ1) is 18.3. The summed E-state index contributed by atoms with van der Waals surface area (Å²) in [5.74, 6) is 0.443. The lowest BCUT2D eigenvalue weighted by molar-refractivity contribution is -0.299. The fourth-order valence-corrected chi connectivity index (χ4v) is 3.08. The minimum Gasteiger partial charge on any atom is -0.497 e. The summed E-state index contributed by atoms with van der Waals surface area (Å²) in [4.78, 5) is 0. The number of ether oxygens (including phenoxy) is 3. The van der Waals surface area contributed by atoms with Crippen molar-refractivity contribution in [2.24, 2.45) is 5.41 Å². The van der Waals surface area contributed by atoms with Gasteiger partial charge in [-0.05, 0) is 43.9 Å². The van der Waals surface area contributed by atoms with Crippen molar-refractivity contribution in [1.82, 2.24) is 0 Å². The molecule has 0 N–H and O–H groups in total. The highest BCUT2D eigenvalue weighted by Gasteiger charge is 2.40. The van der Waals surface area contributed by atoms with Gasteiger partial charge in [-0.25, -0.2) is 0 Å². The number of methoxy groups -OCH3 is 1. The Kier molecular flexibility index (Phi) is 6.49. The van der Waals surface area contributed by atoms with Gasteiger partial charge in [-0.1, -0.05) is 38.8 Å². The van der Waals surface area contributed by atoms with E-state index in [1.54, 1.807) is 7.11 Å². The van der Waals surface area contributed by atoms with Crippen LogP contribution in [0.4, 0.5) is 0 Å². The van der Waals surface area contributed by atoms with Crippen LogP contribution >= 0.6 is 0 Å². The Labute approximate surface area is 141 Å². The summed E-state index contributed by atoms with van der Waals surface area (Å²) in [6, 6.07) is 8.24. The molecule has 0 saturated carbocycles. The van der Waals surface area contributed by atoms with Gasteiger partial charge in [0.2, 0.25) is 0 Å². The number of hydrogen-bond acceptors (Lipinski definition) is 3. The van der Waals surface area contributed by atoms with Crippen molar-refractivity contribution in [2.45, 2.75) is 65.1 Å². The summed E-state index contributed by atoms with van der Waals surface area (Å²) in [6.07, 6.45) is 6.65. The Morgan fingerprint density at radius 1 is 1.04 bits per heavy atom. The maximum absolute atomic E-state index is 6.19. The van der Waals surface area contributed by atoms with Crippen LogP contribution in [0.5, 0.6) is 5.75 Å². The van der Waals surface area contributed by atoms with Crippen molar-refractivity contribution < 1.29 is 14.2 Å². The standard InChI is InChI=1S/C20H32O3/c1-5-7-13-20(6-2)15-22-19(3,23-16-20)14-12-17-8-10-18(21-4)11-9-17/h8-11H,5-7,12-16H2,1-4H3. The van der Waals surface area contributed by atoms with Gasteiger partial charge in [0.15, 0.2) is 5.79 Å². The molecule has 1 aromatic carbocycles. The number of benzene rings is 1. The minimum atomic E-state index is -0.454. The van der Waals surface area contributed by atoms with Crippen LogP contribution in [0.1, 0.15) is 58.4 Å². The summed E-state index contributed by atoms with van der Waals surface area (Å²) < 4.78 is 17.6. The zero-order valence-corrected chi connectivity index (χ0v) is 15.2.